The Morgan fingerprint density at radius 1 is 1.07 bits per heavy atom. The van der Waals surface area contributed by atoms with Gasteiger partial charge < -0.3 is 0 Å². The topological polar surface area (TPSA) is 19.9 Å². The van der Waals surface area contributed by atoms with Gasteiger partial charge in [0, 0.05) is 0 Å². The molecular formula is C13H27O. The minimum Gasteiger partial charge on any atom is -0.237 e. The summed E-state index contributed by atoms with van der Waals surface area (Å²) in [7, 11) is 0. The molecule has 0 bridgehead atoms. The maximum atomic E-state index is 10.5. The van der Waals surface area contributed by atoms with E-state index in [4.69, 9.17) is 0 Å². The van der Waals surface area contributed by atoms with Crippen molar-refractivity contribution in [3.8, 4) is 0 Å². The van der Waals surface area contributed by atoms with Crippen LogP contribution in [-0.4, -0.2) is 6.61 Å². The van der Waals surface area contributed by atoms with Gasteiger partial charge >= 0.3 is 0 Å². The van der Waals surface area contributed by atoms with E-state index in [2.05, 4.69) is 34.6 Å². The average Bonchev–Trinajstić information content (AvgIpc) is 2.02. The minimum absolute atomic E-state index is 0.0839. The second kappa shape index (κ2) is 6.44. The van der Waals surface area contributed by atoms with Gasteiger partial charge in [0.05, 0.1) is 6.61 Å². The third kappa shape index (κ3) is 6.42. The van der Waals surface area contributed by atoms with Gasteiger partial charge in [0.1, 0.15) is 0 Å². The molecule has 0 saturated heterocycles. The van der Waals surface area contributed by atoms with Gasteiger partial charge in [-0.15, -0.1) is 0 Å². The highest BCUT2D eigenvalue weighted by atomic mass is 16.3. The van der Waals surface area contributed by atoms with Crippen molar-refractivity contribution in [3.63, 3.8) is 0 Å². The number of hydrogen-bond donors (Lipinski definition) is 0. The van der Waals surface area contributed by atoms with Crippen molar-refractivity contribution in [1.82, 2.24) is 0 Å². The van der Waals surface area contributed by atoms with Crippen molar-refractivity contribution in [2.24, 2.45) is 17.3 Å². The van der Waals surface area contributed by atoms with Gasteiger partial charge in [-0.1, -0.05) is 41.0 Å². The molecule has 85 valence electrons. The lowest BCUT2D eigenvalue weighted by Gasteiger charge is -2.30. The first-order valence-corrected chi connectivity index (χ1v) is 5.99. The van der Waals surface area contributed by atoms with E-state index in [9.17, 15) is 5.11 Å². The van der Waals surface area contributed by atoms with E-state index in [-0.39, 0.29) is 6.61 Å². The Morgan fingerprint density at radius 2 is 1.57 bits per heavy atom. The first kappa shape index (κ1) is 14.0. The van der Waals surface area contributed by atoms with E-state index in [1.54, 1.807) is 0 Å². The molecule has 0 heterocycles. The van der Waals surface area contributed by atoms with E-state index >= 15 is 0 Å². The van der Waals surface area contributed by atoms with E-state index in [1.165, 1.54) is 19.3 Å². The molecule has 0 aromatic carbocycles. The number of rotatable bonds is 7. The second-order valence-electron chi connectivity index (χ2n) is 5.68. The second-order valence-corrected chi connectivity index (χ2v) is 5.68. The summed E-state index contributed by atoms with van der Waals surface area (Å²) >= 11 is 0. The molecule has 0 aromatic heterocycles. The van der Waals surface area contributed by atoms with Gasteiger partial charge in [0.2, 0.25) is 0 Å². The average molecular weight is 199 g/mol. The van der Waals surface area contributed by atoms with E-state index in [0.29, 0.717) is 11.3 Å². The lowest BCUT2D eigenvalue weighted by atomic mass is 9.76. The van der Waals surface area contributed by atoms with Crippen LogP contribution in [0.1, 0.15) is 60.3 Å². The van der Waals surface area contributed by atoms with Crippen LogP contribution in [0.2, 0.25) is 0 Å². The van der Waals surface area contributed by atoms with Crippen molar-refractivity contribution < 1.29 is 5.11 Å². The Labute approximate surface area is 89.9 Å². The van der Waals surface area contributed by atoms with Crippen LogP contribution in [0.5, 0.6) is 0 Å². The molecular weight excluding hydrogens is 172 g/mol. The Hall–Kier alpha value is -0.0400. The highest BCUT2D eigenvalue weighted by molar-refractivity contribution is 4.74. The molecule has 1 heteroatoms. The fourth-order valence-corrected chi connectivity index (χ4v) is 2.42. The Bertz CT molecular complexity index is 140. The predicted octanol–water partition coefficient (Wildman–Crippen LogP) is 4.30. The van der Waals surface area contributed by atoms with Gasteiger partial charge in [0.25, 0.3) is 0 Å². The fraction of sp³-hybridized carbons (Fsp3) is 1.00. The molecule has 0 spiro atoms. The molecule has 0 aromatic rings. The molecule has 1 nitrogen and oxygen atoms in total. The molecule has 0 N–H and O–H groups in total. The Kier molecular flexibility index (Phi) is 6.43. The first-order chi connectivity index (χ1) is 6.41. The Morgan fingerprint density at radius 3 is 2.00 bits per heavy atom. The van der Waals surface area contributed by atoms with Crippen LogP contribution in [0, 0.1) is 17.3 Å². The highest BCUT2D eigenvalue weighted by Gasteiger charge is 2.22. The van der Waals surface area contributed by atoms with E-state index < -0.39 is 0 Å². The molecule has 2 unspecified atom stereocenters. The molecule has 2 atom stereocenters. The van der Waals surface area contributed by atoms with Crippen LogP contribution in [0.3, 0.4) is 0 Å². The molecule has 0 aliphatic carbocycles. The molecule has 14 heavy (non-hydrogen) atoms. The van der Waals surface area contributed by atoms with Gasteiger partial charge in [-0.3, -0.25) is 0 Å². The zero-order valence-corrected chi connectivity index (χ0v) is 10.6. The standard InChI is InChI=1S/C13H27O/c1-6-11(2)9-13(4,5)10-12(3)7-8-14/h11-12H,6-10H2,1-5H3. The molecule has 0 rings (SSSR count). The first-order valence-electron chi connectivity index (χ1n) is 5.99. The Balaban J connectivity index is 3.92. The van der Waals surface area contributed by atoms with Crippen LogP contribution in [0.15, 0.2) is 0 Å². The summed E-state index contributed by atoms with van der Waals surface area (Å²) in [6.07, 6.45) is 4.58. The number of hydrogen-bond acceptors (Lipinski definition) is 0. The molecule has 0 aliphatic heterocycles. The van der Waals surface area contributed by atoms with Crippen molar-refractivity contribution in [3.05, 3.63) is 0 Å². The maximum Gasteiger partial charge on any atom is 0.0824 e. The smallest absolute Gasteiger partial charge is 0.0824 e. The SMILES string of the molecule is CCC(C)CC(C)(C)CC(C)CC[O]. The highest BCUT2D eigenvalue weighted by Crippen LogP contribution is 2.34. The molecule has 0 fully saturated rings. The summed E-state index contributed by atoms with van der Waals surface area (Å²) < 4.78 is 0. The van der Waals surface area contributed by atoms with Crippen LogP contribution in [0.25, 0.3) is 0 Å². The minimum atomic E-state index is 0.0839. The molecule has 1 radical (unpaired) electrons. The third-order valence-corrected chi connectivity index (χ3v) is 3.11. The monoisotopic (exact) mass is 199 g/mol. The zero-order chi connectivity index (χ0) is 11.2. The lowest BCUT2D eigenvalue weighted by molar-refractivity contribution is 0.148. The largest absolute Gasteiger partial charge is 0.237 e. The fourth-order valence-electron chi connectivity index (χ4n) is 2.42. The van der Waals surface area contributed by atoms with Gasteiger partial charge in [-0.25, -0.2) is 5.11 Å². The van der Waals surface area contributed by atoms with Crippen molar-refractivity contribution >= 4 is 0 Å². The normalized spacial score (nSPS) is 16.7. The quantitative estimate of drug-likeness (QED) is 0.582. The van der Waals surface area contributed by atoms with Crippen LogP contribution < -0.4 is 0 Å². The summed E-state index contributed by atoms with van der Waals surface area (Å²) in [5, 5.41) is 10.5. The molecule has 0 aliphatic rings. The summed E-state index contributed by atoms with van der Waals surface area (Å²) in [6.45, 7) is 11.5. The van der Waals surface area contributed by atoms with Crippen LogP contribution >= 0.6 is 0 Å². The zero-order valence-electron chi connectivity index (χ0n) is 10.6. The van der Waals surface area contributed by atoms with Crippen molar-refractivity contribution in [2.75, 3.05) is 6.61 Å². The predicted molar refractivity (Wildman–Crippen MR) is 61.8 cm³/mol. The van der Waals surface area contributed by atoms with Crippen LogP contribution in [-0.2, 0) is 5.11 Å². The van der Waals surface area contributed by atoms with Crippen molar-refractivity contribution in [1.29, 1.82) is 0 Å². The summed E-state index contributed by atoms with van der Waals surface area (Å²) in [4.78, 5) is 0. The molecule has 0 amide bonds. The maximum absolute atomic E-state index is 10.5. The van der Waals surface area contributed by atoms with Gasteiger partial charge in [-0.05, 0) is 36.5 Å². The van der Waals surface area contributed by atoms with Crippen LogP contribution in [0.4, 0.5) is 0 Å². The lowest BCUT2D eigenvalue weighted by Crippen LogP contribution is -2.19. The summed E-state index contributed by atoms with van der Waals surface area (Å²) in [5.41, 5.74) is 0.407. The summed E-state index contributed by atoms with van der Waals surface area (Å²) in [6, 6.07) is 0. The molecule has 0 saturated carbocycles. The van der Waals surface area contributed by atoms with Gasteiger partial charge in [-0.2, -0.15) is 0 Å². The van der Waals surface area contributed by atoms with E-state index in [0.717, 1.165) is 12.3 Å². The third-order valence-electron chi connectivity index (χ3n) is 3.11. The van der Waals surface area contributed by atoms with Crippen molar-refractivity contribution in [2.45, 2.75) is 60.3 Å². The van der Waals surface area contributed by atoms with Gasteiger partial charge in [0.15, 0.2) is 0 Å². The van der Waals surface area contributed by atoms with E-state index in [1.807, 2.05) is 0 Å². The summed E-state index contributed by atoms with van der Waals surface area (Å²) in [5.74, 6) is 1.40.